The van der Waals surface area contributed by atoms with Crippen molar-refractivity contribution >= 4 is 11.9 Å². The molecule has 3 N–H and O–H groups in total. The Balaban J connectivity index is 4.45. The first-order valence-corrected chi connectivity index (χ1v) is 9.04. The van der Waals surface area contributed by atoms with Gasteiger partial charge in [-0.2, -0.15) is 0 Å². The minimum atomic E-state index is -0.972. The first-order chi connectivity index (χ1) is 11.5. The molecule has 0 heterocycles. The SMILES string of the molecule is CCNCCNCCNCC(C(=O)OC(C)(C)C)C(=O)OC(C)(C)C. The summed E-state index contributed by atoms with van der Waals surface area (Å²) in [5, 5.41) is 9.62. The third-order valence-corrected chi connectivity index (χ3v) is 2.94. The number of carbonyl (C=O) groups is 2. The van der Waals surface area contributed by atoms with Crippen LogP contribution in [0, 0.1) is 5.92 Å². The first kappa shape index (κ1) is 23.8. The Kier molecular flexibility index (Phi) is 10.9. The Morgan fingerprint density at radius 3 is 1.56 bits per heavy atom. The average Bonchev–Trinajstić information content (AvgIpc) is 2.41. The third-order valence-electron chi connectivity index (χ3n) is 2.94. The molecule has 0 aliphatic heterocycles. The van der Waals surface area contributed by atoms with E-state index in [1.165, 1.54) is 0 Å². The minimum absolute atomic E-state index is 0.193. The molecular formula is C18H37N3O4. The lowest BCUT2D eigenvalue weighted by atomic mass is 10.1. The fourth-order valence-electron chi connectivity index (χ4n) is 1.91. The molecule has 0 aliphatic rings. The zero-order valence-corrected chi connectivity index (χ0v) is 17.0. The van der Waals surface area contributed by atoms with Crippen molar-refractivity contribution in [3.8, 4) is 0 Å². The highest BCUT2D eigenvalue weighted by Gasteiger charge is 2.34. The van der Waals surface area contributed by atoms with Crippen molar-refractivity contribution in [3.63, 3.8) is 0 Å². The molecule has 0 saturated carbocycles. The van der Waals surface area contributed by atoms with Gasteiger partial charge in [-0.3, -0.25) is 9.59 Å². The number of ether oxygens (including phenoxy) is 2. The van der Waals surface area contributed by atoms with Crippen LogP contribution in [0.1, 0.15) is 48.5 Å². The summed E-state index contributed by atoms with van der Waals surface area (Å²) >= 11 is 0. The van der Waals surface area contributed by atoms with Crippen LogP contribution in [0.4, 0.5) is 0 Å². The molecule has 0 amide bonds. The quantitative estimate of drug-likeness (QED) is 0.289. The molecule has 148 valence electrons. The van der Waals surface area contributed by atoms with Crippen molar-refractivity contribution in [2.45, 2.75) is 59.7 Å². The zero-order valence-electron chi connectivity index (χ0n) is 17.0. The van der Waals surface area contributed by atoms with Gasteiger partial charge in [0.2, 0.25) is 0 Å². The molecule has 25 heavy (non-hydrogen) atoms. The van der Waals surface area contributed by atoms with Crippen LogP contribution in [0.3, 0.4) is 0 Å². The molecule has 0 rings (SSSR count). The maximum Gasteiger partial charge on any atom is 0.322 e. The lowest BCUT2D eigenvalue weighted by Crippen LogP contribution is -2.43. The van der Waals surface area contributed by atoms with Crippen LogP contribution < -0.4 is 16.0 Å². The maximum atomic E-state index is 12.3. The summed E-state index contributed by atoms with van der Waals surface area (Å²) in [6.45, 7) is 17.1. The zero-order chi connectivity index (χ0) is 19.5. The maximum absolute atomic E-state index is 12.3. The van der Waals surface area contributed by atoms with Crippen molar-refractivity contribution in [2.24, 2.45) is 5.92 Å². The van der Waals surface area contributed by atoms with Gasteiger partial charge in [0.1, 0.15) is 11.2 Å². The number of hydrogen-bond acceptors (Lipinski definition) is 7. The van der Waals surface area contributed by atoms with Crippen LogP contribution in [-0.2, 0) is 19.1 Å². The van der Waals surface area contributed by atoms with Crippen LogP contribution in [-0.4, -0.2) is 62.4 Å². The Labute approximate surface area is 152 Å². The van der Waals surface area contributed by atoms with Gasteiger partial charge in [-0.05, 0) is 48.1 Å². The lowest BCUT2D eigenvalue weighted by Gasteiger charge is -2.26. The summed E-state index contributed by atoms with van der Waals surface area (Å²) in [6.07, 6.45) is 0. The molecular weight excluding hydrogens is 322 g/mol. The van der Waals surface area contributed by atoms with E-state index >= 15 is 0 Å². The monoisotopic (exact) mass is 359 g/mol. The molecule has 0 aromatic heterocycles. The molecule has 7 nitrogen and oxygen atoms in total. The number of nitrogens with one attached hydrogen (secondary N) is 3. The normalized spacial score (nSPS) is 12.3. The molecule has 0 atom stereocenters. The van der Waals surface area contributed by atoms with Crippen molar-refractivity contribution < 1.29 is 19.1 Å². The number of likely N-dealkylation sites (N-methyl/N-ethyl adjacent to an activating group) is 1. The van der Waals surface area contributed by atoms with Crippen LogP contribution in [0.25, 0.3) is 0 Å². The van der Waals surface area contributed by atoms with Gasteiger partial charge < -0.3 is 25.4 Å². The summed E-state index contributed by atoms with van der Waals surface area (Å²) in [7, 11) is 0. The molecule has 0 unspecified atom stereocenters. The molecule has 0 fully saturated rings. The third kappa shape index (κ3) is 13.8. The highest BCUT2D eigenvalue weighted by atomic mass is 16.6. The second kappa shape index (κ2) is 11.4. The number of rotatable bonds is 11. The van der Waals surface area contributed by atoms with Crippen LogP contribution in [0.5, 0.6) is 0 Å². The Morgan fingerprint density at radius 1 is 0.760 bits per heavy atom. The predicted octanol–water partition coefficient (Wildman–Crippen LogP) is 1.07. The molecule has 7 heteroatoms. The molecule has 0 bridgehead atoms. The van der Waals surface area contributed by atoms with Gasteiger partial charge in [0.25, 0.3) is 0 Å². The molecule has 0 spiro atoms. The van der Waals surface area contributed by atoms with Crippen molar-refractivity contribution in [2.75, 3.05) is 39.3 Å². The van der Waals surface area contributed by atoms with Crippen molar-refractivity contribution in [3.05, 3.63) is 0 Å². The van der Waals surface area contributed by atoms with Gasteiger partial charge in [0.15, 0.2) is 5.92 Å². The summed E-state index contributed by atoms with van der Waals surface area (Å²) in [6, 6.07) is 0. The highest BCUT2D eigenvalue weighted by molar-refractivity contribution is 5.95. The van der Waals surface area contributed by atoms with Crippen molar-refractivity contribution in [1.82, 2.24) is 16.0 Å². The highest BCUT2D eigenvalue weighted by Crippen LogP contribution is 2.16. The Hall–Kier alpha value is -1.18. The molecule has 0 aliphatic carbocycles. The lowest BCUT2D eigenvalue weighted by molar-refractivity contribution is -0.174. The summed E-state index contributed by atoms with van der Waals surface area (Å²) in [5.41, 5.74) is -1.30. The van der Waals surface area contributed by atoms with E-state index in [1.54, 1.807) is 41.5 Å². The van der Waals surface area contributed by atoms with E-state index < -0.39 is 29.1 Å². The molecule has 0 aromatic carbocycles. The number of hydrogen-bond donors (Lipinski definition) is 3. The van der Waals surface area contributed by atoms with Crippen molar-refractivity contribution in [1.29, 1.82) is 0 Å². The molecule has 0 aromatic rings. The Morgan fingerprint density at radius 2 is 1.16 bits per heavy atom. The number of esters is 2. The second-order valence-electron chi connectivity index (χ2n) is 7.93. The van der Waals surface area contributed by atoms with Gasteiger partial charge in [-0.25, -0.2) is 0 Å². The molecule has 0 saturated heterocycles. The van der Waals surface area contributed by atoms with E-state index in [1.807, 2.05) is 0 Å². The predicted molar refractivity (Wildman–Crippen MR) is 99.5 cm³/mol. The summed E-state index contributed by atoms with van der Waals surface area (Å²) in [5.74, 6) is -2.09. The van der Waals surface area contributed by atoms with E-state index in [0.29, 0.717) is 6.54 Å². The van der Waals surface area contributed by atoms with Crippen LogP contribution in [0.15, 0.2) is 0 Å². The van der Waals surface area contributed by atoms with E-state index in [9.17, 15) is 9.59 Å². The van der Waals surface area contributed by atoms with Gasteiger partial charge >= 0.3 is 11.9 Å². The van der Waals surface area contributed by atoms with E-state index in [2.05, 4.69) is 22.9 Å². The summed E-state index contributed by atoms with van der Waals surface area (Å²) in [4.78, 5) is 24.7. The second-order valence-corrected chi connectivity index (χ2v) is 7.93. The topological polar surface area (TPSA) is 88.7 Å². The largest absolute Gasteiger partial charge is 0.459 e. The van der Waals surface area contributed by atoms with Gasteiger partial charge in [0, 0.05) is 32.7 Å². The Bertz CT molecular complexity index is 372. The van der Waals surface area contributed by atoms with E-state index in [4.69, 9.17) is 9.47 Å². The molecule has 0 radical (unpaired) electrons. The average molecular weight is 360 g/mol. The van der Waals surface area contributed by atoms with E-state index in [0.717, 1.165) is 26.2 Å². The smallest absolute Gasteiger partial charge is 0.322 e. The van der Waals surface area contributed by atoms with Gasteiger partial charge in [0.05, 0.1) is 0 Å². The van der Waals surface area contributed by atoms with Gasteiger partial charge in [-0.15, -0.1) is 0 Å². The minimum Gasteiger partial charge on any atom is -0.459 e. The van der Waals surface area contributed by atoms with Crippen LogP contribution in [0.2, 0.25) is 0 Å². The van der Waals surface area contributed by atoms with Crippen LogP contribution >= 0.6 is 0 Å². The van der Waals surface area contributed by atoms with E-state index in [-0.39, 0.29) is 6.54 Å². The standard InChI is InChI=1S/C18H37N3O4/c1-8-19-9-10-20-11-12-21-13-14(15(22)24-17(2,3)4)16(23)25-18(5,6)7/h14,19-21H,8-13H2,1-7H3. The number of carbonyl (C=O) groups excluding carboxylic acids is 2. The van der Waals surface area contributed by atoms with Gasteiger partial charge in [-0.1, -0.05) is 6.92 Å². The fourth-order valence-corrected chi connectivity index (χ4v) is 1.91. The summed E-state index contributed by atoms with van der Waals surface area (Å²) < 4.78 is 10.7. The first-order valence-electron chi connectivity index (χ1n) is 9.04. The fraction of sp³-hybridized carbons (Fsp3) is 0.889.